The van der Waals surface area contributed by atoms with Crippen molar-refractivity contribution in [2.75, 3.05) is 31.1 Å². The van der Waals surface area contributed by atoms with E-state index in [9.17, 15) is 19.5 Å². The lowest BCUT2D eigenvalue weighted by Crippen LogP contribution is -2.49. The number of amides is 4. The van der Waals surface area contributed by atoms with E-state index >= 15 is 0 Å². The van der Waals surface area contributed by atoms with Crippen LogP contribution in [-0.4, -0.2) is 54.1 Å². The molecule has 31 heavy (non-hydrogen) atoms. The van der Waals surface area contributed by atoms with Crippen molar-refractivity contribution >= 4 is 35.1 Å². The molecular formula is C23H30ClN3O4. The molecule has 3 aliphatic rings. The number of aliphatic hydroxyl groups is 1. The second-order valence-corrected chi connectivity index (χ2v) is 9.58. The summed E-state index contributed by atoms with van der Waals surface area (Å²) in [5.74, 6) is 0.289. The zero-order valence-corrected chi connectivity index (χ0v) is 18.5. The fourth-order valence-corrected chi connectivity index (χ4v) is 5.49. The number of imide groups is 1. The SMILES string of the molecule is O=C1CCN(c2cc(C(=O)N3CCC4(CCC(CCO)CC4)CC3)ccc2Cl)C(=O)N1. The number of likely N-dealkylation sites (tertiary alicyclic amines) is 1. The van der Waals surface area contributed by atoms with Crippen molar-refractivity contribution in [3.63, 3.8) is 0 Å². The number of rotatable bonds is 4. The van der Waals surface area contributed by atoms with Crippen molar-refractivity contribution in [1.29, 1.82) is 0 Å². The first-order chi connectivity index (χ1) is 14.9. The first-order valence-corrected chi connectivity index (χ1v) is 11.6. The van der Waals surface area contributed by atoms with E-state index in [-0.39, 0.29) is 31.4 Å². The van der Waals surface area contributed by atoms with Gasteiger partial charge in [-0.2, -0.15) is 0 Å². The van der Waals surface area contributed by atoms with Gasteiger partial charge < -0.3 is 10.0 Å². The molecule has 1 saturated carbocycles. The number of hydrogen-bond acceptors (Lipinski definition) is 4. The third kappa shape index (κ3) is 4.72. The van der Waals surface area contributed by atoms with E-state index in [4.69, 9.17) is 11.6 Å². The molecule has 2 aliphatic heterocycles. The Kier molecular flexibility index (Phi) is 6.53. The third-order valence-electron chi connectivity index (χ3n) is 7.35. The highest BCUT2D eigenvalue weighted by atomic mass is 35.5. The van der Waals surface area contributed by atoms with Gasteiger partial charge in [-0.3, -0.25) is 19.8 Å². The van der Waals surface area contributed by atoms with Gasteiger partial charge in [-0.15, -0.1) is 0 Å². The predicted octanol–water partition coefficient (Wildman–Crippen LogP) is 3.58. The average molecular weight is 448 g/mol. The number of piperidine rings is 1. The highest BCUT2D eigenvalue weighted by Crippen LogP contribution is 2.47. The number of aliphatic hydroxyl groups excluding tert-OH is 1. The number of hydrogen-bond donors (Lipinski definition) is 2. The van der Waals surface area contributed by atoms with Crippen LogP contribution in [0, 0.1) is 11.3 Å². The van der Waals surface area contributed by atoms with Crippen LogP contribution in [0.5, 0.6) is 0 Å². The first kappa shape index (κ1) is 22.1. The zero-order valence-electron chi connectivity index (χ0n) is 17.7. The molecule has 0 bridgehead atoms. The largest absolute Gasteiger partial charge is 0.396 e. The van der Waals surface area contributed by atoms with Crippen molar-refractivity contribution in [2.45, 2.75) is 51.4 Å². The van der Waals surface area contributed by atoms with Gasteiger partial charge in [-0.05, 0) is 74.5 Å². The minimum Gasteiger partial charge on any atom is -0.396 e. The maximum absolute atomic E-state index is 13.2. The number of carbonyl (C=O) groups is 3. The van der Waals surface area contributed by atoms with Gasteiger partial charge in [0, 0.05) is 38.2 Å². The van der Waals surface area contributed by atoms with Crippen molar-refractivity contribution in [3.8, 4) is 0 Å². The Hall–Kier alpha value is -2.12. The van der Waals surface area contributed by atoms with Crippen molar-refractivity contribution < 1.29 is 19.5 Å². The fraction of sp³-hybridized carbons (Fsp3) is 0.609. The minimum absolute atomic E-state index is 0.0461. The zero-order chi connectivity index (χ0) is 22.0. The van der Waals surface area contributed by atoms with E-state index in [0.29, 0.717) is 27.6 Å². The minimum atomic E-state index is -0.514. The summed E-state index contributed by atoms with van der Waals surface area (Å²) in [6.07, 6.45) is 7.87. The topological polar surface area (TPSA) is 90.0 Å². The maximum atomic E-state index is 13.2. The van der Waals surface area contributed by atoms with Gasteiger partial charge in [-0.25, -0.2) is 4.79 Å². The molecule has 1 aromatic carbocycles. The van der Waals surface area contributed by atoms with Crippen LogP contribution >= 0.6 is 11.6 Å². The van der Waals surface area contributed by atoms with Crippen LogP contribution in [0.2, 0.25) is 5.02 Å². The molecule has 168 valence electrons. The quantitative estimate of drug-likeness (QED) is 0.738. The standard InChI is InChI=1S/C23H30ClN3O4/c24-18-2-1-17(15-19(18)27-11-5-20(29)25-22(27)31)21(30)26-12-9-23(10-13-26)7-3-16(4-8-23)6-14-28/h1-2,15-16,28H,3-14H2,(H,25,29,31). The number of nitrogens with zero attached hydrogens (tertiary/aromatic N) is 2. The van der Waals surface area contributed by atoms with E-state index < -0.39 is 6.03 Å². The molecule has 1 aromatic rings. The molecule has 4 amide bonds. The van der Waals surface area contributed by atoms with Crippen molar-refractivity contribution in [3.05, 3.63) is 28.8 Å². The Bertz CT molecular complexity index is 856. The maximum Gasteiger partial charge on any atom is 0.328 e. The second-order valence-electron chi connectivity index (χ2n) is 9.17. The molecule has 0 unspecified atom stereocenters. The molecule has 0 aromatic heterocycles. The van der Waals surface area contributed by atoms with Crippen LogP contribution in [0.4, 0.5) is 10.5 Å². The number of halogens is 1. The van der Waals surface area contributed by atoms with Gasteiger partial charge in [-0.1, -0.05) is 11.6 Å². The van der Waals surface area contributed by atoms with Gasteiger partial charge in [0.05, 0.1) is 10.7 Å². The van der Waals surface area contributed by atoms with Gasteiger partial charge >= 0.3 is 6.03 Å². The van der Waals surface area contributed by atoms with Crippen molar-refractivity contribution in [2.24, 2.45) is 11.3 Å². The number of carbonyl (C=O) groups excluding carboxylic acids is 3. The molecule has 7 nitrogen and oxygen atoms in total. The Labute approximate surface area is 187 Å². The molecule has 2 saturated heterocycles. The predicted molar refractivity (Wildman–Crippen MR) is 118 cm³/mol. The average Bonchev–Trinajstić information content (AvgIpc) is 2.77. The molecule has 8 heteroatoms. The molecule has 3 fully saturated rings. The van der Waals surface area contributed by atoms with Gasteiger partial charge in [0.15, 0.2) is 0 Å². The molecule has 2 heterocycles. The molecule has 4 rings (SSSR count). The molecule has 0 atom stereocenters. The summed E-state index contributed by atoms with van der Waals surface area (Å²) in [7, 11) is 0. The van der Waals surface area contributed by atoms with Crippen LogP contribution in [0.1, 0.15) is 61.7 Å². The number of benzene rings is 1. The van der Waals surface area contributed by atoms with E-state index in [1.807, 2.05) is 4.90 Å². The Morgan fingerprint density at radius 2 is 1.84 bits per heavy atom. The highest BCUT2D eigenvalue weighted by molar-refractivity contribution is 6.34. The normalized spacial score (nSPS) is 22.0. The number of anilines is 1. The fourth-order valence-electron chi connectivity index (χ4n) is 5.27. The summed E-state index contributed by atoms with van der Waals surface area (Å²) in [6, 6.07) is 4.48. The number of nitrogens with one attached hydrogen (secondary N) is 1. The summed E-state index contributed by atoms with van der Waals surface area (Å²) in [6.45, 7) is 1.99. The van der Waals surface area contributed by atoms with Crippen LogP contribution < -0.4 is 10.2 Å². The third-order valence-corrected chi connectivity index (χ3v) is 7.67. The lowest BCUT2D eigenvalue weighted by atomic mass is 9.65. The van der Waals surface area contributed by atoms with Gasteiger partial charge in [0.25, 0.3) is 5.91 Å². The van der Waals surface area contributed by atoms with Gasteiger partial charge in [0.2, 0.25) is 5.91 Å². The van der Waals surface area contributed by atoms with Crippen LogP contribution in [0.25, 0.3) is 0 Å². The first-order valence-electron chi connectivity index (χ1n) is 11.2. The van der Waals surface area contributed by atoms with E-state index in [2.05, 4.69) is 5.32 Å². The smallest absolute Gasteiger partial charge is 0.328 e. The van der Waals surface area contributed by atoms with E-state index in [1.165, 1.54) is 30.6 Å². The lowest BCUT2D eigenvalue weighted by molar-refractivity contribution is -0.120. The van der Waals surface area contributed by atoms with Crippen LogP contribution in [-0.2, 0) is 4.79 Å². The summed E-state index contributed by atoms with van der Waals surface area (Å²) >= 11 is 6.31. The summed E-state index contributed by atoms with van der Waals surface area (Å²) in [5, 5.41) is 11.8. The van der Waals surface area contributed by atoms with Crippen LogP contribution in [0.15, 0.2) is 18.2 Å². The van der Waals surface area contributed by atoms with Crippen LogP contribution in [0.3, 0.4) is 0 Å². The summed E-state index contributed by atoms with van der Waals surface area (Å²) in [4.78, 5) is 40.1. The highest BCUT2D eigenvalue weighted by Gasteiger charge is 2.39. The molecule has 1 aliphatic carbocycles. The van der Waals surface area contributed by atoms with Gasteiger partial charge in [0.1, 0.15) is 0 Å². The molecule has 0 radical (unpaired) electrons. The molecule has 1 spiro atoms. The second kappa shape index (κ2) is 9.17. The summed E-state index contributed by atoms with van der Waals surface area (Å²) in [5.41, 5.74) is 1.30. The Balaban J connectivity index is 1.40. The Morgan fingerprint density at radius 1 is 1.13 bits per heavy atom. The monoisotopic (exact) mass is 447 g/mol. The van der Waals surface area contributed by atoms with Crippen molar-refractivity contribution in [1.82, 2.24) is 10.2 Å². The molecular weight excluding hydrogens is 418 g/mol. The number of urea groups is 1. The lowest BCUT2D eigenvalue weighted by Gasteiger charge is -2.46. The van der Waals surface area contributed by atoms with E-state index in [1.54, 1.807) is 18.2 Å². The Morgan fingerprint density at radius 3 is 2.48 bits per heavy atom. The summed E-state index contributed by atoms with van der Waals surface area (Å²) < 4.78 is 0. The van der Waals surface area contributed by atoms with E-state index in [0.717, 1.165) is 32.4 Å². The molecule has 2 N–H and O–H groups in total.